The maximum absolute atomic E-state index is 13.6. The molecule has 0 bridgehead atoms. The van der Waals surface area contributed by atoms with Crippen LogP contribution in [-0.2, 0) is 16.0 Å². The number of aliphatic imine (C=N–C) groups is 1. The standard InChI is InChI=1S/C30H32N4O2S/c1-6-21-11-14-22(15-12-21)32-29(36)27-25(31)24(28(35)34-26-18(3)8-7-9-19(26)4)30(37-27)33-23-13-10-17(2)20(5)16-23/h7-16,27H,6,31H2,1-5H3,(H,32,36)(H,34,35)/t27-/m1/s1. The first kappa shape index (κ1) is 26.2. The third kappa shape index (κ3) is 5.78. The molecule has 6 nitrogen and oxygen atoms in total. The Morgan fingerprint density at radius 3 is 2.19 bits per heavy atom. The van der Waals surface area contributed by atoms with Gasteiger partial charge in [-0.1, -0.05) is 55.1 Å². The minimum Gasteiger partial charge on any atom is -0.400 e. The molecule has 0 saturated carbocycles. The molecule has 0 aliphatic carbocycles. The summed E-state index contributed by atoms with van der Waals surface area (Å²) in [5, 5.41) is 5.58. The number of amides is 2. The van der Waals surface area contributed by atoms with E-state index in [4.69, 9.17) is 10.7 Å². The molecule has 1 heterocycles. The van der Waals surface area contributed by atoms with E-state index < -0.39 is 5.25 Å². The van der Waals surface area contributed by atoms with Gasteiger partial charge >= 0.3 is 0 Å². The number of para-hydroxylation sites is 1. The summed E-state index contributed by atoms with van der Waals surface area (Å²) in [4.78, 5) is 31.6. The van der Waals surface area contributed by atoms with Crippen LogP contribution in [0.3, 0.4) is 0 Å². The molecule has 3 aromatic carbocycles. The van der Waals surface area contributed by atoms with Gasteiger partial charge in [-0.25, -0.2) is 4.99 Å². The Morgan fingerprint density at radius 1 is 0.892 bits per heavy atom. The number of nitrogens with zero attached hydrogens (tertiary/aromatic N) is 1. The summed E-state index contributed by atoms with van der Waals surface area (Å²) in [6, 6.07) is 19.4. The number of hydrogen-bond acceptors (Lipinski definition) is 5. The van der Waals surface area contributed by atoms with Crippen molar-refractivity contribution in [2.75, 3.05) is 10.6 Å². The van der Waals surface area contributed by atoms with E-state index in [1.54, 1.807) is 0 Å². The van der Waals surface area contributed by atoms with Gasteiger partial charge in [0.05, 0.1) is 11.3 Å². The van der Waals surface area contributed by atoms with E-state index >= 15 is 0 Å². The Hall–Kier alpha value is -3.84. The molecule has 0 fully saturated rings. The number of nitrogens with one attached hydrogen (secondary N) is 2. The van der Waals surface area contributed by atoms with Gasteiger partial charge in [-0.2, -0.15) is 0 Å². The Kier molecular flexibility index (Phi) is 7.83. The van der Waals surface area contributed by atoms with Gasteiger partial charge in [0.2, 0.25) is 5.91 Å². The number of thioether (sulfide) groups is 1. The van der Waals surface area contributed by atoms with E-state index in [9.17, 15) is 9.59 Å². The highest BCUT2D eigenvalue weighted by Gasteiger charge is 2.38. The quantitative estimate of drug-likeness (QED) is 0.371. The van der Waals surface area contributed by atoms with Gasteiger partial charge in [-0.3, -0.25) is 9.59 Å². The SMILES string of the molecule is CCc1ccc(NC(=O)[C@@H]2SC(=Nc3ccc(C)c(C)c3)C(C(=O)Nc3c(C)cccc3C)=C2N)cc1. The second-order valence-electron chi connectivity index (χ2n) is 9.27. The fourth-order valence-electron chi connectivity index (χ4n) is 4.13. The van der Waals surface area contributed by atoms with Crippen molar-refractivity contribution in [3.8, 4) is 0 Å². The fourth-order valence-corrected chi connectivity index (χ4v) is 5.25. The van der Waals surface area contributed by atoms with Crippen molar-refractivity contribution >= 4 is 45.7 Å². The first-order valence-corrected chi connectivity index (χ1v) is 13.2. The maximum Gasteiger partial charge on any atom is 0.260 e. The highest BCUT2D eigenvalue weighted by Crippen LogP contribution is 2.36. The minimum absolute atomic E-state index is 0.194. The molecule has 7 heteroatoms. The Labute approximate surface area is 222 Å². The van der Waals surface area contributed by atoms with Crippen molar-refractivity contribution < 1.29 is 9.59 Å². The average molecular weight is 513 g/mol. The van der Waals surface area contributed by atoms with E-state index in [-0.39, 0.29) is 23.1 Å². The van der Waals surface area contributed by atoms with Gasteiger partial charge in [-0.05, 0) is 86.2 Å². The molecule has 0 radical (unpaired) electrons. The number of hydrogen-bond donors (Lipinski definition) is 3. The van der Waals surface area contributed by atoms with Crippen molar-refractivity contribution in [3.05, 3.63) is 99.8 Å². The van der Waals surface area contributed by atoms with Crippen molar-refractivity contribution in [1.82, 2.24) is 0 Å². The Morgan fingerprint density at radius 2 is 1.57 bits per heavy atom. The largest absolute Gasteiger partial charge is 0.400 e. The average Bonchev–Trinajstić information content (AvgIpc) is 3.20. The van der Waals surface area contributed by atoms with Crippen molar-refractivity contribution in [2.45, 2.75) is 46.3 Å². The van der Waals surface area contributed by atoms with Crippen LogP contribution in [0.5, 0.6) is 0 Å². The van der Waals surface area contributed by atoms with E-state index in [1.165, 1.54) is 17.3 Å². The van der Waals surface area contributed by atoms with Crippen LogP contribution in [0.2, 0.25) is 0 Å². The molecular weight excluding hydrogens is 480 g/mol. The molecule has 1 aliphatic heterocycles. The molecule has 3 aromatic rings. The molecule has 0 unspecified atom stereocenters. The van der Waals surface area contributed by atoms with Crippen molar-refractivity contribution in [3.63, 3.8) is 0 Å². The van der Waals surface area contributed by atoms with Crippen LogP contribution in [0.15, 0.2) is 76.9 Å². The van der Waals surface area contributed by atoms with Crippen LogP contribution in [0.1, 0.15) is 34.7 Å². The lowest BCUT2D eigenvalue weighted by Gasteiger charge is -2.13. The predicted octanol–water partition coefficient (Wildman–Crippen LogP) is 6.12. The molecule has 2 amide bonds. The van der Waals surface area contributed by atoms with Crippen molar-refractivity contribution in [2.24, 2.45) is 10.7 Å². The second kappa shape index (κ2) is 11.0. The highest BCUT2D eigenvalue weighted by atomic mass is 32.2. The van der Waals surface area contributed by atoms with Gasteiger partial charge in [0.15, 0.2) is 0 Å². The fraction of sp³-hybridized carbons (Fsp3) is 0.233. The predicted molar refractivity (Wildman–Crippen MR) is 155 cm³/mol. The molecule has 0 aromatic heterocycles. The normalized spacial score (nSPS) is 16.2. The van der Waals surface area contributed by atoms with Crippen LogP contribution < -0.4 is 16.4 Å². The summed E-state index contributed by atoms with van der Waals surface area (Å²) in [5.41, 5.74) is 14.3. The minimum atomic E-state index is -0.783. The van der Waals surface area contributed by atoms with Gasteiger partial charge in [0.25, 0.3) is 5.91 Å². The lowest BCUT2D eigenvalue weighted by molar-refractivity contribution is -0.115. The number of aryl methyl sites for hydroxylation is 5. The molecule has 37 heavy (non-hydrogen) atoms. The summed E-state index contributed by atoms with van der Waals surface area (Å²) in [7, 11) is 0. The summed E-state index contributed by atoms with van der Waals surface area (Å²) in [6.45, 7) is 10.0. The van der Waals surface area contributed by atoms with Gasteiger partial charge in [-0.15, -0.1) is 0 Å². The summed E-state index contributed by atoms with van der Waals surface area (Å²) in [6.07, 6.45) is 0.916. The van der Waals surface area contributed by atoms with Crippen LogP contribution >= 0.6 is 11.8 Å². The molecule has 4 rings (SSSR count). The number of rotatable bonds is 6. The zero-order valence-electron chi connectivity index (χ0n) is 21.8. The van der Waals surface area contributed by atoms with E-state index in [0.717, 1.165) is 34.4 Å². The lowest BCUT2D eigenvalue weighted by Crippen LogP contribution is -2.29. The topological polar surface area (TPSA) is 96.6 Å². The van der Waals surface area contributed by atoms with Gasteiger partial charge < -0.3 is 16.4 Å². The number of benzene rings is 3. The smallest absolute Gasteiger partial charge is 0.260 e. The Balaban J connectivity index is 1.69. The second-order valence-corrected chi connectivity index (χ2v) is 10.4. The van der Waals surface area contributed by atoms with E-state index in [2.05, 4.69) is 17.6 Å². The van der Waals surface area contributed by atoms with E-state index in [0.29, 0.717) is 16.4 Å². The van der Waals surface area contributed by atoms with Crippen LogP contribution in [-0.4, -0.2) is 22.1 Å². The molecule has 4 N–H and O–H groups in total. The molecule has 0 saturated heterocycles. The third-order valence-corrected chi connectivity index (χ3v) is 7.77. The monoisotopic (exact) mass is 512 g/mol. The van der Waals surface area contributed by atoms with Gasteiger partial charge in [0.1, 0.15) is 10.3 Å². The molecular formula is C30H32N4O2S. The first-order chi connectivity index (χ1) is 17.7. The first-order valence-electron chi connectivity index (χ1n) is 12.3. The van der Waals surface area contributed by atoms with Crippen molar-refractivity contribution in [1.29, 1.82) is 0 Å². The zero-order valence-corrected chi connectivity index (χ0v) is 22.6. The third-order valence-electron chi connectivity index (χ3n) is 6.55. The summed E-state index contributed by atoms with van der Waals surface area (Å²) < 4.78 is 0. The van der Waals surface area contributed by atoms with Crippen LogP contribution in [0, 0.1) is 27.7 Å². The lowest BCUT2D eigenvalue weighted by atomic mass is 10.1. The number of anilines is 2. The summed E-state index contributed by atoms with van der Waals surface area (Å²) >= 11 is 1.19. The molecule has 0 spiro atoms. The maximum atomic E-state index is 13.6. The molecule has 1 atom stereocenters. The highest BCUT2D eigenvalue weighted by molar-refractivity contribution is 8.16. The van der Waals surface area contributed by atoms with E-state index in [1.807, 2.05) is 88.4 Å². The number of carbonyl (C=O) groups excluding carboxylic acids is 2. The van der Waals surface area contributed by atoms with Crippen LogP contribution in [0.4, 0.5) is 17.1 Å². The zero-order chi connectivity index (χ0) is 26.7. The Bertz CT molecular complexity index is 1400. The molecule has 1 aliphatic rings. The summed E-state index contributed by atoms with van der Waals surface area (Å²) in [5.74, 6) is -0.679. The number of carbonyl (C=O) groups is 2. The molecule has 190 valence electrons. The van der Waals surface area contributed by atoms with Crippen LogP contribution in [0.25, 0.3) is 0 Å². The van der Waals surface area contributed by atoms with Gasteiger partial charge in [0, 0.05) is 17.1 Å². The number of nitrogens with two attached hydrogens (primary N) is 1.